The minimum absolute atomic E-state index is 0.156. The lowest BCUT2D eigenvalue weighted by Gasteiger charge is -2.29. The Morgan fingerprint density at radius 2 is 2.04 bits per heavy atom. The maximum Gasteiger partial charge on any atom is 0.323 e. The second kappa shape index (κ2) is 5.52. The van der Waals surface area contributed by atoms with Gasteiger partial charge in [0.25, 0.3) is 0 Å². The molecule has 0 bridgehead atoms. The van der Waals surface area contributed by atoms with Crippen LogP contribution in [0.3, 0.4) is 0 Å². The number of carbonyl (C=O) groups is 1. The lowest BCUT2D eigenvalue weighted by Crippen LogP contribution is -2.45. The van der Waals surface area contributed by atoms with Crippen LogP contribution in [-0.2, 0) is 16.0 Å². The van der Waals surface area contributed by atoms with Crippen LogP contribution in [0.5, 0.6) is 0 Å². The van der Waals surface area contributed by atoms with Gasteiger partial charge >= 0.3 is 5.97 Å². The van der Waals surface area contributed by atoms with E-state index in [0.29, 0.717) is 6.42 Å². The van der Waals surface area contributed by atoms with E-state index < -0.39 is 0 Å². The molecule has 5 heteroatoms. The maximum atomic E-state index is 12.1. The van der Waals surface area contributed by atoms with E-state index in [2.05, 4.69) is 27.4 Å². The van der Waals surface area contributed by atoms with E-state index in [1.807, 2.05) is 30.3 Å². The zero-order valence-electron chi connectivity index (χ0n) is 12.7. The Morgan fingerprint density at radius 3 is 2.83 bits per heavy atom. The molecule has 0 unspecified atom stereocenters. The first-order valence-corrected chi connectivity index (χ1v) is 7.62. The van der Waals surface area contributed by atoms with Crippen molar-refractivity contribution in [1.82, 2.24) is 15.3 Å². The number of ether oxygens (including phenoxy) is 1. The summed E-state index contributed by atoms with van der Waals surface area (Å²) in [5, 5.41) is 4.52. The molecule has 4 rings (SSSR count). The molecule has 2 N–H and O–H groups in total. The Labute approximate surface area is 133 Å². The highest BCUT2D eigenvalue weighted by molar-refractivity contribution is 5.87. The smallest absolute Gasteiger partial charge is 0.323 e. The van der Waals surface area contributed by atoms with Crippen LogP contribution in [0.25, 0.3) is 10.9 Å². The number of aromatic nitrogens is 2. The third-order valence-electron chi connectivity index (χ3n) is 4.38. The standard InChI is InChI=1S/C18H17N3O2/c1-23-18(22)15-10-12-11-6-2-3-7-13(11)20-16(12)17(21-15)14-8-4-5-9-19-14/h2-9,15,17,20-21H,10H2,1H3/t15-,17-/m1/s1. The number of para-hydroxylation sites is 1. The summed E-state index contributed by atoms with van der Waals surface area (Å²) in [6.07, 6.45) is 2.37. The molecule has 0 fully saturated rings. The molecular formula is C18H17N3O2. The SMILES string of the molecule is COC(=O)[C@H]1Cc2c([nH]c3ccccc23)[C@@H](c2ccccn2)N1. The molecule has 0 saturated heterocycles. The Balaban J connectivity index is 1.88. The number of nitrogens with zero attached hydrogens (tertiary/aromatic N) is 1. The van der Waals surface area contributed by atoms with Crippen LogP contribution in [0.1, 0.15) is 23.0 Å². The minimum Gasteiger partial charge on any atom is -0.468 e. The fourth-order valence-electron chi connectivity index (χ4n) is 3.31. The average Bonchev–Trinajstić information content (AvgIpc) is 2.99. The quantitative estimate of drug-likeness (QED) is 0.713. The average molecular weight is 307 g/mol. The van der Waals surface area contributed by atoms with Gasteiger partial charge in [0.05, 0.1) is 18.8 Å². The molecule has 0 spiro atoms. The van der Waals surface area contributed by atoms with Gasteiger partial charge in [0.15, 0.2) is 0 Å². The summed E-state index contributed by atoms with van der Waals surface area (Å²) in [7, 11) is 1.42. The molecule has 0 radical (unpaired) electrons. The molecule has 1 aliphatic rings. The molecule has 5 nitrogen and oxygen atoms in total. The van der Waals surface area contributed by atoms with Gasteiger partial charge in [-0.15, -0.1) is 0 Å². The largest absolute Gasteiger partial charge is 0.468 e. The molecule has 0 aliphatic carbocycles. The van der Waals surface area contributed by atoms with Gasteiger partial charge in [0.2, 0.25) is 0 Å². The minimum atomic E-state index is -0.376. The zero-order chi connectivity index (χ0) is 15.8. The van der Waals surface area contributed by atoms with E-state index in [9.17, 15) is 4.79 Å². The van der Waals surface area contributed by atoms with Crippen molar-refractivity contribution < 1.29 is 9.53 Å². The first kappa shape index (κ1) is 14.0. The van der Waals surface area contributed by atoms with Crippen molar-refractivity contribution in [2.45, 2.75) is 18.5 Å². The number of nitrogens with one attached hydrogen (secondary N) is 2. The van der Waals surface area contributed by atoms with Crippen LogP contribution in [0.15, 0.2) is 48.7 Å². The van der Waals surface area contributed by atoms with Crippen molar-refractivity contribution in [3.05, 3.63) is 65.6 Å². The number of fused-ring (bicyclic) bond motifs is 3. The normalized spacial score (nSPS) is 20.2. The first-order valence-electron chi connectivity index (χ1n) is 7.62. The number of H-pyrrole nitrogens is 1. The molecule has 3 heterocycles. The van der Waals surface area contributed by atoms with Crippen molar-refractivity contribution in [2.75, 3.05) is 7.11 Å². The lowest BCUT2D eigenvalue weighted by molar-refractivity contribution is -0.143. The number of benzene rings is 1. The number of aromatic amines is 1. The summed E-state index contributed by atoms with van der Waals surface area (Å²) in [5.41, 5.74) is 4.19. The Morgan fingerprint density at radius 1 is 1.22 bits per heavy atom. The fourth-order valence-corrected chi connectivity index (χ4v) is 3.31. The van der Waals surface area contributed by atoms with E-state index in [1.165, 1.54) is 7.11 Å². The van der Waals surface area contributed by atoms with Crippen LogP contribution in [-0.4, -0.2) is 29.1 Å². The van der Waals surface area contributed by atoms with E-state index in [0.717, 1.165) is 27.9 Å². The highest BCUT2D eigenvalue weighted by Crippen LogP contribution is 2.34. The topological polar surface area (TPSA) is 67.0 Å². The summed E-state index contributed by atoms with van der Waals surface area (Å²) in [6.45, 7) is 0. The molecule has 1 aromatic carbocycles. The number of hydrogen-bond acceptors (Lipinski definition) is 4. The third-order valence-corrected chi connectivity index (χ3v) is 4.38. The lowest BCUT2D eigenvalue weighted by atomic mass is 9.92. The van der Waals surface area contributed by atoms with Crippen molar-refractivity contribution >= 4 is 16.9 Å². The highest BCUT2D eigenvalue weighted by atomic mass is 16.5. The highest BCUT2D eigenvalue weighted by Gasteiger charge is 2.34. The molecule has 0 amide bonds. The summed E-state index contributed by atoms with van der Waals surface area (Å²) in [4.78, 5) is 20.0. The number of rotatable bonds is 2. The summed E-state index contributed by atoms with van der Waals surface area (Å²) < 4.78 is 4.95. The van der Waals surface area contributed by atoms with Crippen molar-refractivity contribution in [3.8, 4) is 0 Å². The van der Waals surface area contributed by atoms with Crippen molar-refractivity contribution in [2.24, 2.45) is 0 Å². The van der Waals surface area contributed by atoms with Crippen LogP contribution in [0.4, 0.5) is 0 Å². The summed E-state index contributed by atoms with van der Waals surface area (Å²) >= 11 is 0. The molecule has 2 aromatic heterocycles. The number of hydrogen-bond donors (Lipinski definition) is 2. The van der Waals surface area contributed by atoms with Gasteiger partial charge < -0.3 is 9.72 Å². The van der Waals surface area contributed by atoms with Crippen LogP contribution in [0.2, 0.25) is 0 Å². The number of pyridine rings is 1. The van der Waals surface area contributed by atoms with Crippen LogP contribution in [0, 0.1) is 0 Å². The summed E-state index contributed by atoms with van der Waals surface area (Å²) in [6, 6.07) is 13.4. The summed E-state index contributed by atoms with van der Waals surface area (Å²) in [5.74, 6) is -0.248. The molecular weight excluding hydrogens is 290 g/mol. The van der Waals surface area contributed by atoms with Gasteiger partial charge in [-0.05, 0) is 23.8 Å². The predicted molar refractivity (Wildman–Crippen MR) is 87.0 cm³/mol. The number of methoxy groups -OCH3 is 1. The van der Waals surface area contributed by atoms with Crippen molar-refractivity contribution in [3.63, 3.8) is 0 Å². The Kier molecular flexibility index (Phi) is 3.35. The van der Waals surface area contributed by atoms with Gasteiger partial charge in [0.1, 0.15) is 6.04 Å². The Bertz CT molecular complexity index is 857. The molecule has 23 heavy (non-hydrogen) atoms. The molecule has 3 aromatic rings. The van der Waals surface area contributed by atoms with Gasteiger partial charge in [-0.1, -0.05) is 24.3 Å². The van der Waals surface area contributed by atoms with Gasteiger partial charge in [-0.25, -0.2) is 0 Å². The molecule has 1 aliphatic heterocycles. The first-order chi connectivity index (χ1) is 11.3. The Hall–Kier alpha value is -2.66. The zero-order valence-corrected chi connectivity index (χ0v) is 12.7. The molecule has 2 atom stereocenters. The van der Waals surface area contributed by atoms with Gasteiger partial charge in [-0.3, -0.25) is 15.1 Å². The molecule has 116 valence electrons. The predicted octanol–water partition coefficient (Wildman–Crippen LogP) is 2.34. The molecule has 0 saturated carbocycles. The van der Waals surface area contributed by atoms with E-state index in [-0.39, 0.29) is 18.1 Å². The number of esters is 1. The van der Waals surface area contributed by atoms with Crippen LogP contribution >= 0.6 is 0 Å². The van der Waals surface area contributed by atoms with E-state index >= 15 is 0 Å². The monoisotopic (exact) mass is 307 g/mol. The van der Waals surface area contributed by atoms with Crippen molar-refractivity contribution in [1.29, 1.82) is 0 Å². The third kappa shape index (κ3) is 2.29. The second-order valence-electron chi connectivity index (χ2n) is 5.70. The van der Waals surface area contributed by atoms with Gasteiger partial charge in [0, 0.05) is 29.2 Å². The maximum absolute atomic E-state index is 12.1. The van der Waals surface area contributed by atoms with Crippen LogP contribution < -0.4 is 5.32 Å². The fraction of sp³-hybridized carbons (Fsp3) is 0.222. The van der Waals surface area contributed by atoms with E-state index in [1.54, 1.807) is 6.20 Å². The van der Waals surface area contributed by atoms with Gasteiger partial charge in [-0.2, -0.15) is 0 Å². The second-order valence-corrected chi connectivity index (χ2v) is 5.70. The number of carbonyl (C=O) groups excluding carboxylic acids is 1. The van der Waals surface area contributed by atoms with E-state index in [4.69, 9.17) is 4.74 Å².